The van der Waals surface area contributed by atoms with Crippen LogP contribution in [0.3, 0.4) is 0 Å². The minimum atomic E-state index is -5.01. The maximum atomic E-state index is 13.1. The fourth-order valence-electron chi connectivity index (χ4n) is 2.65. The molecule has 174 valence electrons. The number of hydrogen-bond acceptors (Lipinski definition) is 6. The average Bonchev–Trinajstić information content (AvgIpc) is 3.19. The molecule has 0 aliphatic heterocycles. The Kier molecular flexibility index (Phi) is 6.51. The number of benzene rings is 1. The second kappa shape index (κ2) is 9.00. The van der Waals surface area contributed by atoms with E-state index < -0.39 is 46.9 Å². The lowest BCUT2D eigenvalue weighted by Gasteiger charge is -2.13. The molecule has 2 aromatic heterocycles. The van der Waals surface area contributed by atoms with Gasteiger partial charge < -0.3 is 4.74 Å². The smallest absolute Gasteiger partial charge is 0.416 e. The average molecular weight is 471 g/mol. The van der Waals surface area contributed by atoms with Gasteiger partial charge in [0.05, 0.1) is 22.8 Å². The van der Waals surface area contributed by atoms with Crippen LogP contribution in [-0.4, -0.2) is 36.8 Å². The molecule has 0 N–H and O–H groups in total. The zero-order valence-corrected chi connectivity index (χ0v) is 17.0. The third-order valence-electron chi connectivity index (χ3n) is 4.05. The first-order valence-electron chi connectivity index (χ1n) is 9.24. The number of halogens is 6. The summed E-state index contributed by atoms with van der Waals surface area (Å²) in [6.07, 6.45) is -4.45. The van der Waals surface area contributed by atoms with Gasteiger partial charge in [0.25, 0.3) is 0 Å². The quantitative estimate of drug-likeness (QED) is 0.304. The summed E-state index contributed by atoms with van der Waals surface area (Å²) in [6.45, 7) is 3.24. The fourth-order valence-corrected chi connectivity index (χ4v) is 2.65. The number of rotatable bonds is 5. The van der Waals surface area contributed by atoms with Gasteiger partial charge in [-0.2, -0.15) is 26.3 Å². The summed E-state index contributed by atoms with van der Waals surface area (Å²) >= 11 is 0. The van der Waals surface area contributed by atoms with E-state index in [0.29, 0.717) is 12.1 Å². The van der Waals surface area contributed by atoms with Crippen LogP contribution in [0.2, 0.25) is 0 Å². The number of carbonyl (C=O) groups is 1. The summed E-state index contributed by atoms with van der Waals surface area (Å²) in [5.41, 5.74) is -3.30. The van der Waals surface area contributed by atoms with Gasteiger partial charge in [0.1, 0.15) is 12.7 Å². The van der Waals surface area contributed by atoms with Crippen molar-refractivity contribution in [3.8, 4) is 11.4 Å². The van der Waals surface area contributed by atoms with E-state index in [0.717, 1.165) is 17.2 Å². The highest BCUT2D eigenvalue weighted by Crippen LogP contribution is 2.38. The molecule has 0 saturated carbocycles. The molecule has 7 nitrogen and oxygen atoms in total. The van der Waals surface area contributed by atoms with Crippen LogP contribution in [0.4, 0.5) is 26.3 Å². The van der Waals surface area contributed by atoms with E-state index in [1.165, 1.54) is 18.7 Å². The van der Waals surface area contributed by atoms with Gasteiger partial charge in [-0.3, -0.25) is 0 Å². The third kappa shape index (κ3) is 5.93. The molecule has 0 saturated heterocycles. The highest BCUT2D eigenvalue weighted by molar-refractivity contribution is 6.20. The molecule has 0 radical (unpaired) electrons. The van der Waals surface area contributed by atoms with Gasteiger partial charge in [-0.15, -0.1) is 5.10 Å². The number of aromatic nitrogens is 5. The van der Waals surface area contributed by atoms with Crippen LogP contribution in [0.15, 0.2) is 43.2 Å². The molecule has 0 bridgehead atoms. The number of alkyl halides is 6. The first-order chi connectivity index (χ1) is 15.3. The lowest BCUT2D eigenvalue weighted by molar-refractivity contribution is -0.143. The lowest BCUT2D eigenvalue weighted by atomic mass is 10.0. The Morgan fingerprint density at radius 1 is 1.00 bits per heavy atom. The van der Waals surface area contributed by atoms with Crippen molar-refractivity contribution in [2.45, 2.75) is 32.3 Å². The van der Waals surface area contributed by atoms with Crippen LogP contribution >= 0.6 is 0 Å². The normalized spacial score (nSPS) is 12.8. The summed E-state index contributed by atoms with van der Waals surface area (Å²) in [7, 11) is 0. The van der Waals surface area contributed by atoms with E-state index in [1.54, 1.807) is 13.8 Å². The minimum absolute atomic E-state index is 0.00975. The Labute approximate surface area is 182 Å². The minimum Gasteiger partial charge on any atom is -0.459 e. The number of esters is 1. The van der Waals surface area contributed by atoms with Crippen LogP contribution in [0.5, 0.6) is 0 Å². The van der Waals surface area contributed by atoms with Crippen molar-refractivity contribution in [1.29, 1.82) is 0 Å². The van der Waals surface area contributed by atoms with Gasteiger partial charge in [0.15, 0.2) is 5.82 Å². The summed E-state index contributed by atoms with van der Waals surface area (Å²) in [4.78, 5) is 23.9. The molecule has 0 spiro atoms. The molecular formula is C20H15F6N5O2. The van der Waals surface area contributed by atoms with Crippen LogP contribution in [0, 0.1) is 0 Å². The second-order valence-corrected chi connectivity index (χ2v) is 6.97. The summed E-state index contributed by atoms with van der Waals surface area (Å²) in [6, 6.07) is 1.03. The van der Waals surface area contributed by atoms with E-state index in [-0.39, 0.29) is 17.2 Å². The first-order valence-corrected chi connectivity index (χ1v) is 9.24. The van der Waals surface area contributed by atoms with Gasteiger partial charge in [0.2, 0.25) is 0 Å². The van der Waals surface area contributed by atoms with Crippen molar-refractivity contribution in [2.24, 2.45) is 0 Å². The number of carbonyl (C=O) groups excluding carboxylic acids is 1. The van der Waals surface area contributed by atoms with Gasteiger partial charge in [-0.1, -0.05) is 0 Å². The second-order valence-electron chi connectivity index (χ2n) is 6.97. The maximum Gasteiger partial charge on any atom is 0.416 e. The molecule has 3 rings (SSSR count). The Hall–Kier alpha value is -3.77. The van der Waals surface area contributed by atoms with Gasteiger partial charge in [-0.25, -0.2) is 24.4 Å². The predicted molar refractivity (Wildman–Crippen MR) is 103 cm³/mol. The van der Waals surface area contributed by atoms with E-state index in [9.17, 15) is 31.1 Å². The number of hydrogen-bond donors (Lipinski definition) is 0. The zero-order chi connectivity index (χ0) is 24.4. The molecule has 0 aliphatic rings. The van der Waals surface area contributed by atoms with Gasteiger partial charge >= 0.3 is 18.3 Å². The molecule has 1 aromatic carbocycles. The summed E-state index contributed by atoms with van der Waals surface area (Å²) in [5, 5.41) is 3.90. The van der Waals surface area contributed by atoms with E-state index in [4.69, 9.17) is 4.74 Å². The van der Waals surface area contributed by atoms with Crippen LogP contribution in [-0.2, 0) is 21.9 Å². The summed E-state index contributed by atoms with van der Waals surface area (Å²) in [5.74, 6) is -1.18. The third-order valence-corrected chi connectivity index (χ3v) is 4.05. The molecule has 13 heteroatoms. The standard InChI is InChI=1S/C20H15F6N5O2/c1-11(2)33-18(32)16(13-6-27-9-28-7-13)8-31-10-29-17(30-31)12-3-14(19(21,22)23)5-15(4-12)20(24,25)26/h3-11H,1-2H3. The molecule has 0 amide bonds. The largest absolute Gasteiger partial charge is 0.459 e. The molecule has 0 unspecified atom stereocenters. The van der Waals surface area contributed by atoms with Crippen molar-refractivity contribution in [3.05, 3.63) is 59.9 Å². The first kappa shape index (κ1) is 23.9. The number of nitrogens with zero attached hydrogens (tertiary/aromatic N) is 5. The Morgan fingerprint density at radius 2 is 1.58 bits per heavy atom. The molecule has 0 aliphatic carbocycles. The van der Waals surface area contributed by atoms with Crippen molar-refractivity contribution in [2.75, 3.05) is 0 Å². The van der Waals surface area contributed by atoms with Crippen LogP contribution in [0.1, 0.15) is 30.5 Å². The Balaban J connectivity index is 2.06. The maximum absolute atomic E-state index is 13.1. The highest BCUT2D eigenvalue weighted by atomic mass is 19.4. The Morgan fingerprint density at radius 3 is 2.09 bits per heavy atom. The van der Waals surface area contributed by atoms with Gasteiger partial charge in [0, 0.05) is 29.7 Å². The monoisotopic (exact) mass is 471 g/mol. The highest BCUT2D eigenvalue weighted by Gasteiger charge is 2.37. The lowest BCUT2D eigenvalue weighted by Crippen LogP contribution is -2.14. The van der Waals surface area contributed by atoms with Crippen LogP contribution < -0.4 is 0 Å². The van der Waals surface area contributed by atoms with E-state index in [1.807, 2.05) is 0 Å². The van der Waals surface area contributed by atoms with E-state index >= 15 is 0 Å². The van der Waals surface area contributed by atoms with Crippen molar-refractivity contribution < 1.29 is 35.9 Å². The zero-order valence-electron chi connectivity index (χ0n) is 17.0. The molecule has 33 heavy (non-hydrogen) atoms. The molecular weight excluding hydrogens is 456 g/mol. The Bertz CT molecular complexity index is 1140. The van der Waals surface area contributed by atoms with Crippen molar-refractivity contribution in [3.63, 3.8) is 0 Å². The fraction of sp³-hybridized carbons (Fsp3) is 0.250. The molecule has 2 heterocycles. The molecule has 0 atom stereocenters. The van der Waals surface area contributed by atoms with Crippen LogP contribution in [0.25, 0.3) is 23.2 Å². The topological polar surface area (TPSA) is 82.8 Å². The van der Waals surface area contributed by atoms with Crippen molar-refractivity contribution in [1.82, 2.24) is 24.7 Å². The predicted octanol–water partition coefficient (Wildman–Crippen LogP) is 4.72. The molecule has 3 aromatic rings. The SMILES string of the molecule is CC(C)OC(=O)C(=Cn1cnc(-c2cc(C(F)(F)F)cc(C(F)(F)F)c2)n1)c1cncnc1. The van der Waals surface area contributed by atoms with E-state index in [2.05, 4.69) is 20.1 Å². The molecule has 0 fully saturated rings. The van der Waals surface area contributed by atoms with Crippen molar-refractivity contribution >= 4 is 17.7 Å². The summed E-state index contributed by atoms with van der Waals surface area (Å²) < 4.78 is 84.9. The van der Waals surface area contributed by atoms with Gasteiger partial charge in [-0.05, 0) is 32.0 Å². The number of ether oxygens (including phenoxy) is 1.